The van der Waals surface area contributed by atoms with Gasteiger partial charge in [0, 0.05) is 24.2 Å². The average molecular weight is 272 g/mol. The molecule has 1 aromatic rings. The second-order valence-corrected chi connectivity index (χ2v) is 5.49. The lowest BCUT2D eigenvalue weighted by molar-refractivity contribution is 0.249. The molecule has 108 valence electrons. The molecule has 0 aromatic carbocycles. The van der Waals surface area contributed by atoms with Gasteiger partial charge in [-0.3, -0.25) is 9.98 Å². The number of nitrogens with two attached hydrogens (primary N) is 2. The number of hydrogen-bond donors (Lipinski definition) is 2. The third kappa shape index (κ3) is 3.67. The number of nitrogens with zero attached hydrogens (tertiary/aromatic N) is 2. The molecule has 0 saturated heterocycles. The van der Waals surface area contributed by atoms with E-state index in [1.165, 1.54) is 19.3 Å². The smallest absolute Gasteiger partial charge is 0.0760 e. The maximum atomic E-state index is 5.71. The second-order valence-electron chi connectivity index (χ2n) is 5.49. The highest BCUT2D eigenvalue weighted by atomic mass is 14.8. The van der Waals surface area contributed by atoms with Gasteiger partial charge < -0.3 is 11.5 Å². The lowest BCUT2D eigenvalue weighted by Crippen LogP contribution is -2.27. The lowest BCUT2D eigenvalue weighted by Gasteiger charge is -2.32. The topological polar surface area (TPSA) is 77.3 Å². The summed E-state index contributed by atoms with van der Waals surface area (Å²) in [5.41, 5.74) is 14.2. The summed E-state index contributed by atoms with van der Waals surface area (Å²) >= 11 is 0. The molecule has 0 radical (unpaired) electrons. The minimum Gasteiger partial charge on any atom is -0.404 e. The van der Waals surface area contributed by atoms with E-state index in [4.69, 9.17) is 11.5 Å². The Bertz CT molecular complexity index is 487. The van der Waals surface area contributed by atoms with Crippen LogP contribution >= 0.6 is 0 Å². The summed E-state index contributed by atoms with van der Waals surface area (Å²) in [4.78, 5) is 9.01. The SMILES string of the molecule is Cc1cccnc1C(C=NC1CC(CCCN)C1)=CN. The van der Waals surface area contributed by atoms with Crippen LogP contribution in [-0.4, -0.2) is 23.8 Å². The molecular formula is C16H24N4. The number of aliphatic imine (C=N–C) groups is 1. The number of rotatable bonds is 6. The first-order valence-electron chi connectivity index (χ1n) is 7.31. The van der Waals surface area contributed by atoms with Crippen LogP contribution in [0.5, 0.6) is 0 Å². The van der Waals surface area contributed by atoms with Gasteiger partial charge in [-0.2, -0.15) is 0 Å². The van der Waals surface area contributed by atoms with E-state index < -0.39 is 0 Å². The second kappa shape index (κ2) is 7.20. The van der Waals surface area contributed by atoms with Gasteiger partial charge >= 0.3 is 0 Å². The van der Waals surface area contributed by atoms with Crippen molar-refractivity contribution in [3.63, 3.8) is 0 Å². The molecule has 1 heterocycles. The van der Waals surface area contributed by atoms with Crippen LogP contribution in [0.15, 0.2) is 29.5 Å². The fraction of sp³-hybridized carbons (Fsp3) is 0.500. The van der Waals surface area contributed by atoms with Crippen molar-refractivity contribution in [3.05, 3.63) is 35.8 Å². The normalized spacial score (nSPS) is 23.0. The van der Waals surface area contributed by atoms with Crippen LogP contribution in [0.3, 0.4) is 0 Å². The van der Waals surface area contributed by atoms with Crippen LogP contribution in [0, 0.1) is 12.8 Å². The van der Waals surface area contributed by atoms with Gasteiger partial charge in [-0.15, -0.1) is 0 Å². The molecule has 1 aromatic heterocycles. The molecule has 0 aliphatic heterocycles. The zero-order valence-corrected chi connectivity index (χ0v) is 12.1. The summed E-state index contributed by atoms with van der Waals surface area (Å²) in [7, 11) is 0. The summed E-state index contributed by atoms with van der Waals surface area (Å²) in [6, 6.07) is 4.40. The van der Waals surface area contributed by atoms with E-state index in [9.17, 15) is 0 Å². The molecule has 4 heteroatoms. The minimum absolute atomic E-state index is 0.441. The molecule has 0 amide bonds. The molecule has 0 unspecified atom stereocenters. The van der Waals surface area contributed by atoms with Crippen molar-refractivity contribution in [2.45, 2.75) is 38.6 Å². The first-order chi connectivity index (χ1) is 9.74. The fourth-order valence-electron chi connectivity index (χ4n) is 2.62. The standard InChI is InChI=1S/C16H24N4/c1-12-4-3-7-19-16(12)14(10-18)11-20-15-8-13(9-15)5-2-6-17/h3-4,7,10-11,13,15H,2,5-6,8-9,17-18H2,1H3. The Kier molecular flexibility index (Phi) is 5.30. The van der Waals surface area contributed by atoms with Crippen molar-refractivity contribution >= 4 is 11.8 Å². The van der Waals surface area contributed by atoms with Crippen LogP contribution in [0.25, 0.3) is 5.57 Å². The van der Waals surface area contributed by atoms with Gasteiger partial charge in [0.05, 0.1) is 11.7 Å². The van der Waals surface area contributed by atoms with E-state index in [-0.39, 0.29) is 0 Å². The molecular weight excluding hydrogens is 248 g/mol. The molecule has 20 heavy (non-hydrogen) atoms. The number of aryl methyl sites for hydroxylation is 1. The Morgan fingerprint density at radius 2 is 2.30 bits per heavy atom. The van der Waals surface area contributed by atoms with Gasteiger partial charge in [0.2, 0.25) is 0 Å². The molecule has 0 bridgehead atoms. The molecule has 2 rings (SSSR count). The molecule has 1 aliphatic rings. The summed E-state index contributed by atoms with van der Waals surface area (Å²) in [6.45, 7) is 2.83. The molecule has 1 aliphatic carbocycles. The molecule has 1 saturated carbocycles. The van der Waals surface area contributed by atoms with Gasteiger partial charge in [-0.1, -0.05) is 6.07 Å². The van der Waals surface area contributed by atoms with Crippen molar-refractivity contribution in [3.8, 4) is 0 Å². The zero-order chi connectivity index (χ0) is 14.4. The van der Waals surface area contributed by atoms with Crippen LogP contribution in [-0.2, 0) is 0 Å². The minimum atomic E-state index is 0.441. The molecule has 0 atom stereocenters. The Morgan fingerprint density at radius 3 is 2.95 bits per heavy atom. The van der Waals surface area contributed by atoms with E-state index in [0.29, 0.717) is 6.04 Å². The van der Waals surface area contributed by atoms with Gasteiger partial charge in [0.1, 0.15) is 0 Å². The largest absolute Gasteiger partial charge is 0.404 e. The van der Waals surface area contributed by atoms with Gasteiger partial charge in [0.25, 0.3) is 0 Å². The van der Waals surface area contributed by atoms with Crippen molar-refractivity contribution in [1.29, 1.82) is 0 Å². The predicted octanol–water partition coefficient (Wildman–Crippen LogP) is 2.28. The highest BCUT2D eigenvalue weighted by molar-refractivity contribution is 6.09. The van der Waals surface area contributed by atoms with E-state index >= 15 is 0 Å². The quantitative estimate of drug-likeness (QED) is 0.780. The highest BCUT2D eigenvalue weighted by Crippen LogP contribution is 2.33. The van der Waals surface area contributed by atoms with Crippen LogP contribution < -0.4 is 11.5 Å². The van der Waals surface area contributed by atoms with E-state index in [2.05, 4.69) is 9.98 Å². The van der Waals surface area contributed by atoms with Crippen molar-refractivity contribution in [2.24, 2.45) is 22.4 Å². The molecule has 0 spiro atoms. The van der Waals surface area contributed by atoms with Crippen molar-refractivity contribution in [2.75, 3.05) is 6.54 Å². The summed E-state index contributed by atoms with van der Waals surface area (Å²) in [6.07, 6.45) is 9.96. The summed E-state index contributed by atoms with van der Waals surface area (Å²) in [5.74, 6) is 0.808. The van der Waals surface area contributed by atoms with Crippen LogP contribution in [0.4, 0.5) is 0 Å². The fourth-order valence-corrected chi connectivity index (χ4v) is 2.62. The third-order valence-electron chi connectivity index (χ3n) is 3.91. The summed E-state index contributed by atoms with van der Waals surface area (Å²) < 4.78 is 0. The maximum Gasteiger partial charge on any atom is 0.0760 e. The first-order valence-corrected chi connectivity index (χ1v) is 7.31. The molecule has 1 fully saturated rings. The zero-order valence-electron chi connectivity index (χ0n) is 12.1. The van der Waals surface area contributed by atoms with Crippen LogP contribution in [0.1, 0.15) is 36.9 Å². The third-order valence-corrected chi connectivity index (χ3v) is 3.91. The van der Waals surface area contributed by atoms with E-state index in [1.807, 2.05) is 25.3 Å². The Labute approximate surface area is 121 Å². The lowest BCUT2D eigenvalue weighted by atomic mass is 9.78. The first kappa shape index (κ1) is 14.7. The Morgan fingerprint density at radius 1 is 1.50 bits per heavy atom. The van der Waals surface area contributed by atoms with Gasteiger partial charge in [-0.25, -0.2) is 0 Å². The molecule has 4 N–H and O–H groups in total. The Hall–Kier alpha value is -1.68. The predicted molar refractivity (Wildman–Crippen MR) is 84.4 cm³/mol. The number of aromatic nitrogens is 1. The van der Waals surface area contributed by atoms with E-state index in [0.717, 1.165) is 35.7 Å². The molecule has 4 nitrogen and oxygen atoms in total. The van der Waals surface area contributed by atoms with Crippen molar-refractivity contribution < 1.29 is 0 Å². The average Bonchev–Trinajstić information content (AvgIpc) is 2.42. The van der Waals surface area contributed by atoms with Crippen LogP contribution in [0.2, 0.25) is 0 Å². The Balaban J connectivity index is 1.90. The summed E-state index contributed by atoms with van der Waals surface area (Å²) in [5, 5.41) is 0. The van der Waals surface area contributed by atoms with Crippen molar-refractivity contribution in [1.82, 2.24) is 4.98 Å². The number of allylic oxidation sites excluding steroid dienone is 1. The maximum absolute atomic E-state index is 5.71. The highest BCUT2D eigenvalue weighted by Gasteiger charge is 2.27. The van der Waals surface area contributed by atoms with Gasteiger partial charge in [-0.05, 0) is 56.7 Å². The van der Waals surface area contributed by atoms with E-state index in [1.54, 1.807) is 12.4 Å². The monoisotopic (exact) mass is 272 g/mol. The number of pyridine rings is 1. The number of hydrogen-bond acceptors (Lipinski definition) is 4. The van der Waals surface area contributed by atoms with Gasteiger partial charge in [0.15, 0.2) is 0 Å².